The number of nitrogens with zero attached hydrogens (tertiary/aromatic N) is 5. The molecule has 6 nitrogen and oxygen atoms in total. The van der Waals surface area contributed by atoms with Gasteiger partial charge in [0.2, 0.25) is 5.95 Å². The Morgan fingerprint density at radius 3 is 2.46 bits per heavy atom. The summed E-state index contributed by atoms with van der Waals surface area (Å²) in [7, 11) is 0. The zero-order valence-corrected chi connectivity index (χ0v) is 16.5. The Labute approximate surface area is 170 Å². The first-order valence-corrected chi connectivity index (χ1v) is 9.83. The van der Waals surface area contributed by atoms with Gasteiger partial charge in [0.05, 0.1) is 12.2 Å². The molecule has 28 heavy (non-hydrogen) atoms. The van der Waals surface area contributed by atoms with Gasteiger partial charge < -0.3 is 15.1 Å². The van der Waals surface area contributed by atoms with Crippen molar-refractivity contribution in [3.8, 4) is 0 Å². The molecule has 0 spiro atoms. The van der Waals surface area contributed by atoms with Crippen LogP contribution in [-0.2, 0) is 0 Å². The van der Waals surface area contributed by atoms with Crippen molar-refractivity contribution in [3.63, 3.8) is 0 Å². The lowest BCUT2D eigenvalue weighted by Crippen LogP contribution is -2.47. The predicted octanol–water partition coefficient (Wildman–Crippen LogP) is 4.02. The van der Waals surface area contributed by atoms with Crippen molar-refractivity contribution in [1.82, 2.24) is 15.2 Å². The van der Waals surface area contributed by atoms with Gasteiger partial charge in [-0.3, -0.25) is 0 Å². The van der Waals surface area contributed by atoms with Crippen LogP contribution in [0.3, 0.4) is 0 Å². The average Bonchev–Trinajstić information content (AvgIpc) is 2.75. The normalized spacial score (nSPS) is 15.4. The fraction of sp³-hybridized carbons (Fsp3) is 0.286. The number of hydrogen-bond donors (Lipinski definition) is 1. The maximum Gasteiger partial charge on any atom is 0.245 e. The van der Waals surface area contributed by atoms with E-state index in [1.807, 2.05) is 36.4 Å². The van der Waals surface area contributed by atoms with Crippen molar-refractivity contribution >= 4 is 29.1 Å². The van der Waals surface area contributed by atoms with Crippen LogP contribution in [0, 0.1) is 0 Å². The van der Waals surface area contributed by atoms with E-state index >= 15 is 0 Å². The summed E-state index contributed by atoms with van der Waals surface area (Å²) in [6.07, 6.45) is 1.73. The molecule has 1 unspecified atom stereocenters. The van der Waals surface area contributed by atoms with Gasteiger partial charge in [-0.15, -0.1) is 5.10 Å². The molecule has 0 bridgehead atoms. The van der Waals surface area contributed by atoms with Gasteiger partial charge in [0.1, 0.15) is 0 Å². The van der Waals surface area contributed by atoms with Crippen LogP contribution < -0.4 is 15.1 Å². The zero-order chi connectivity index (χ0) is 19.3. The molecular weight excluding hydrogens is 372 g/mol. The van der Waals surface area contributed by atoms with Gasteiger partial charge in [-0.2, -0.15) is 10.1 Å². The number of hydrogen-bond acceptors (Lipinski definition) is 6. The molecule has 144 valence electrons. The standard InChI is InChI=1S/C21H23ClN6/c1-16(17-6-3-2-4-7-17)24-21-25-20(15-23-26-21)28-12-10-27(11-13-28)19-9-5-8-18(22)14-19/h2-9,14-16H,10-13H2,1H3,(H,24,25,26). The first-order valence-electron chi connectivity index (χ1n) is 9.46. The number of benzene rings is 2. The number of rotatable bonds is 5. The van der Waals surface area contributed by atoms with Crippen molar-refractivity contribution in [2.75, 3.05) is 41.3 Å². The molecular formula is C21H23ClN6. The van der Waals surface area contributed by atoms with Crippen LogP contribution >= 0.6 is 11.6 Å². The number of halogens is 1. The Bertz CT molecular complexity index is 912. The van der Waals surface area contributed by atoms with E-state index in [2.05, 4.69) is 55.4 Å². The summed E-state index contributed by atoms with van der Waals surface area (Å²) in [5, 5.41) is 12.4. The van der Waals surface area contributed by atoms with E-state index in [4.69, 9.17) is 11.6 Å². The molecule has 2 aromatic carbocycles. The molecule has 0 aliphatic carbocycles. The highest BCUT2D eigenvalue weighted by atomic mass is 35.5. The summed E-state index contributed by atoms with van der Waals surface area (Å²) in [5.41, 5.74) is 2.35. The highest BCUT2D eigenvalue weighted by Crippen LogP contribution is 2.23. The van der Waals surface area contributed by atoms with Crippen molar-refractivity contribution in [3.05, 3.63) is 71.4 Å². The predicted molar refractivity (Wildman–Crippen MR) is 114 cm³/mol. The van der Waals surface area contributed by atoms with Gasteiger partial charge >= 0.3 is 0 Å². The van der Waals surface area contributed by atoms with Gasteiger partial charge in [-0.05, 0) is 30.7 Å². The molecule has 0 saturated carbocycles. The Kier molecular flexibility index (Phi) is 5.58. The molecule has 3 aromatic rings. The summed E-state index contributed by atoms with van der Waals surface area (Å²) < 4.78 is 0. The van der Waals surface area contributed by atoms with Crippen LogP contribution in [0.4, 0.5) is 17.5 Å². The molecule has 4 rings (SSSR count). The first-order chi connectivity index (χ1) is 13.7. The molecule has 1 fully saturated rings. The van der Waals surface area contributed by atoms with E-state index in [-0.39, 0.29) is 6.04 Å². The maximum atomic E-state index is 6.12. The van der Waals surface area contributed by atoms with Crippen LogP contribution in [0.1, 0.15) is 18.5 Å². The lowest BCUT2D eigenvalue weighted by molar-refractivity contribution is 0.644. The van der Waals surface area contributed by atoms with Crippen molar-refractivity contribution in [2.24, 2.45) is 0 Å². The summed E-state index contributed by atoms with van der Waals surface area (Å²) in [5.74, 6) is 1.40. The first kappa shape index (κ1) is 18.5. The lowest BCUT2D eigenvalue weighted by atomic mass is 10.1. The molecule has 7 heteroatoms. The van der Waals surface area contributed by atoms with Crippen molar-refractivity contribution in [2.45, 2.75) is 13.0 Å². The fourth-order valence-corrected chi connectivity index (χ4v) is 3.58. The van der Waals surface area contributed by atoms with Crippen LogP contribution in [0.25, 0.3) is 0 Å². The number of aromatic nitrogens is 3. The molecule has 2 heterocycles. The van der Waals surface area contributed by atoms with Crippen LogP contribution in [0.5, 0.6) is 0 Å². The minimum atomic E-state index is 0.109. The second-order valence-corrected chi connectivity index (χ2v) is 7.31. The summed E-state index contributed by atoms with van der Waals surface area (Å²) in [4.78, 5) is 9.26. The average molecular weight is 395 g/mol. The largest absolute Gasteiger partial charge is 0.368 e. The maximum absolute atomic E-state index is 6.12. The van der Waals surface area contributed by atoms with Crippen molar-refractivity contribution < 1.29 is 0 Å². The molecule has 1 aromatic heterocycles. The third-order valence-corrected chi connectivity index (χ3v) is 5.20. The highest BCUT2D eigenvalue weighted by Gasteiger charge is 2.19. The van der Waals surface area contributed by atoms with Crippen molar-refractivity contribution in [1.29, 1.82) is 0 Å². The monoisotopic (exact) mass is 394 g/mol. The molecule has 0 amide bonds. The molecule has 1 saturated heterocycles. The Morgan fingerprint density at radius 2 is 1.71 bits per heavy atom. The second kappa shape index (κ2) is 8.44. The summed E-state index contributed by atoms with van der Waals surface area (Å²) in [6, 6.07) is 18.4. The smallest absolute Gasteiger partial charge is 0.245 e. The van der Waals surface area contributed by atoms with E-state index in [1.165, 1.54) is 5.56 Å². The van der Waals surface area contributed by atoms with E-state index in [9.17, 15) is 0 Å². The van der Waals surface area contributed by atoms with Crippen LogP contribution in [-0.4, -0.2) is 41.4 Å². The Morgan fingerprint density at radius 1 is 0.964 bits per heavy atom. The van der Waals surface area contributed by atoms with Gasteiger partial charge in [0.15, 0.2) is 5.82 Å². The van der Waals surface area contributed by atoms with Crippen LogP contribution in [0.2, 0.25) is 5.02 Å². The topological polar surface area (TPSA) is 57.2 Å². The molecule has 0 radical (unpaired) electrons. The van der Waals surface area contributed by atoms with E-state index in [1.54, 1.807) is 6.20 Å². The molecule has 1 aliphatic rings. The van der Waals surface area contributed by atoms with Crippen LogP contribution in [0.15, 0.2) is 60.8 Å². The van der Waals surface area contributed by atoms with Gasteiger partial charge in [0, 0.05) is 36.9 Å². The Balaban J connectivity index is 1.40. The molecule has 1 N–H and O–H groups in total. The molecule has 1 aliphatic heterocycles. The highest BCUT2D eigenvalue weighted by molar-refractivity contribution is 6.30. The summed E-state index contributed by atoms with van der Waals surface area (Å²) in [6.45, 7) is 5.66. The third-order valence-electron chi connectivity index (χ3n) is 4.97. The third kappa shape index (κ3) is 4.34. The number of anilines is 3. The second-order valence-electron chi connectivity index (χ2n) is 6.87. The fourth-order valence-electron chi connectivity index (χ4n) is 3.39. The van der Waals surface area contributed by atoms with E-state index in [0.29, 0.717) is 5.95 Å². The lowest BCUT2D eigenvalue weighted by Gasteiger charge is -2.36. The SMILES string of the molecule is CC(Nc1nncc(N2CCN(c3cccc(Cl)c3)CC2)n1)c1ccccc1. The number of piperazine rings is 1. The van der Waals surface area contributed by atoms with Gasteiger partial charge in [0.25, 0.3) is 0 Å². The van der Waals surface area contributed by atoms with E-state index in [0.717, 1.165) is 42.7 Å². The quantitative estimate of drug-likeness (QED) is 0.705. The minimum Gasteiger partial charge on any atom is -0.368 e. The summed E-state index contributed by atoms with van der Waals surface area (Å²) >= 11 is 6.12. The zero-order valence-electron chi connectivity index (χ0n) is 15.8. The van der Waals surface area contributed by atoms with E-state index < -0.39 is 0 Å². The van der Waals surface area contributed by atoms with Gasteiger partial charge in [-0.25, -0.2) is 0 Å². The Hall–Kier alpha value is -2.86. The minimum absolute atomic E-state index is 0.109. The molecule has 1 atom stereocenters. The van der Waals surface area contributed by atoms with Gasteiger partial charge in [-0.1, -0.05) is 48.0 Å². The number of nitrogens with one attached hydrogen (secondary N) is 1.